The molecule has 2 aromatic heterocycles. The van der Waals surface area contributed by atoms with Crippen LogP contribution >= 0.6 is 0 Å². The van der Waals surface area contributed by atoms with Crippen LogP contribution in [0.2, 0.25) is 0 Å². The van der Waals surface area contributed by atoms with E-state index in [1.54, 1.807) is 30.7 Å². The molecule has 28 heavy (non-hydrogen) atoms. The number of benzene rings is 1. The van der Waals surface area contributed by atoms with Gasteiger partial charge in [0.15, 0.2) is 0 Å². The minimum atomic E-state index is -0.296. The molecule has 6 nitrogen and oxygen atoms in total. The molecule has 1 aromatic carbocycles. The van der Waals surface area contributed by atoms with Crippen LogP contribution in [0.5, 0.6) is 11.6 Å². The first-order chi connectivity index (χ1) is 13.8. The van der Waals surface area contributed by atoms with Crippen molar-refractivity contribution in [1.29, 1.82) is 0 Å². The zero-order chi connectivity index (χ0) is 19.2. The molecule has 0 amide bonds. The Balaban J connectivity index is 1.34. The van der Waals surface area contributed by atoms with Crippen LogP contribution in [0, 0.1) is 5.82 Å². The van der Waals surface area contributed by atoms with Crippen LogP contribution in [-0.4, -0.2) is 28.0 Å². The largest absolute Gasteiger partial charge is 0.439 e. The first kappa shape index (κ1) is 18.2. The van der Waals surface area contributed by atoms with Gasteiger partial charge in [0.2, 0.25) is 5.88 Å². The van der Waals surface area contributed by atoms with E-state index in [2.05, 4.69) is 25.2 Å². The normalized spacial score (nSPS) is 14.0. The first-order valence-corrected chi connectivity index (χ1v) is 9.45. The van der Waals surface area contributed by atoms with Crippen molar-refractivity contribution in [2.45, 2.75) is 25.8 Å². The molecule has 1 aliphatic rings. The van der Waals surface area contributed by atoms with Crippen LogP contribution in [-0.2, 0) is 6.54 Å². The molecule has 0 bridgehead atoms. The molecule has 4 rings (SSSR count). The quantitative estimate of drug-likeness (QED) is 0.685. The minimum Gasteiger partial charge on any atom is -0.439 e. The second-order valence-corrected chi connectivity index (χ2v) is 6.72. The number of nitrogens with zero attached hydrogens (tertiary/aromatic N) is 4. The van der Waals surface area contributed by atoms with E-state index in [0.29, 0.717) is 18.2 Å². The summed E-state index contributed by atoms with van der Waals surface area (Å²) < 4.78 is 18.6. The Morgan fingerprint density at radius 3 is 2.54 bits per heavy atom. The zero-order valence-corrected chi connectivity index (χ0v) is 15.5. The minimum absolute atomic E-state index is 0.296. The van der Waals surface area contributed by atoms with Gasteiger partial charge in [-0.25, -0.2) is 19.3 Å². The van der Waals surface area contributed by atoms with Gasteiger partial charge in [0.25, 0.3) is 0 Å². The maximum atomic E-state index is 12.9. The number of ether oxygens (including phenoxy) is 1. The number of anilines is 2. The number of piperidine rings is 1. The molecule has 1 aliphatic heterocycles. The summed E-state index contributed by atoms with van der Waals surface area (Å²) in [6.45, 7) is 2.70. The van der Waals surface area contributed by atoms with Gasteiger partial charge in [-0.2, -0.15) is 0 Å². The van der Waals surface area contributed by atoms with Crippen LogP contribution in [0.3, 0.4) is 0 Å². The Morgan fingerprint density at radius 2 is 1.79 bits per heavy atom. The predicted molar refractivity (Wildman–Crippen MR) is 106 cm³/mol. The van der Waals surface area contributed by atoms with Gasteiger partial charge in [0.05, 0.1) is 0 Å². The lowest BCUT2D eigenvalue weighted by Crippen LogP contribution is -2.30. The maximum Gasteiger partial charge on any atom is 0.219 e. The van der Waals surface area contributed by atoms with Crippen molar-refractivity contribution in [1.82, 2.24) is 15.0 Å². The Bertz CT molecular complexity index is 895. The van der Waals surface area contributed by atoms with Crippen molar-refractivity contribution in [3.05, 3.63) is 66.4 Å². The molecular formula is C21H22FN5O. The summed E-state index contributed by atoms with van der Waals surface area (Å²) in [5, 5.41) is 3.32. The third-order valence-corrected chi connectivity index (χ3v) is 4.64. The fourth-order valence-corrected chi connectivity index (χ4v) is 3.13. The molecule has 1 saturated heterocycles. The van der Waals surface area contributed by atoms with Gasteiger partial charge >= 0.3 is 0 Å². The number of hydrogen-bond acceptors (Lipinski definition) is 6. The van der Waals surface area contributed by atoms with Gasteiger partial charge in [-0.1, -0.05) is 6.07 Å². The summed E-state index contributed by atoms with van der Waals surface area (Å²) in [6, 6.07) is 11.6. The van der Waals surface area contributed by atoms with Crippen molar-refractivity contribution in [2.75, 3.05) is 23.3 Å². The lowest BCUT2D eigenvalue weighted by Gasteiger charge is -2.27. The molecule has 1 fully saturated rings. The molecule has 3 aromatic rings. The molecule has 3 heterocycles. The lowest BCUT2D eigenvalue weighted by molar-refractivity contribution is 0.461. The zero-order valence-electron chi connectivity index (χ0n) is 15.5. The lowest BCUT2D eigenvalue weighted by atomic mass is 10.1. The molecule has 0 saturated carbocycles. The van der Waals surface area contributed by atoms with Gasteiger partial charge in [-0.3, -0.25) is 0 Å². The fraction of sp³-hybridized carbons (Fsp3) is 0.286. The van der Waals surface area contributed by atoms with E-state index in [0.717, 1.165) is 30.3 Å². The van der Waals surface area contributed by atoms with Gasteiger partial charge < -0.3 is 15.0 Å². The fourth-order valence-electron chi connectivity index (χ4n) is 3.13. The number of nitrogens with one attached hydrogen (secondary N) is 1. The number of aromatic nitrogens is 3. The third kappa shape index (κ3) is 4.73. The molecule has 0 spiro atoms. The van der Waals surface area contributed by atoms with E-state index in [-0.39, 0.29) is 5.82 Å². The van der Waals surface area contributed by atoms with Crippen LogP contribution in [0.1, 0.15) is 24.8 Å². The SMILES string of the molecule is Fc1ccc(Oc2ccc(CNc3cc(N4CCCCC4)ncn3)cn2)cc1. The van der Waals surface area contributed by atoms with Gasteiger partial charge in [-0.05, 0) is 49.1 Å². The van der Waals surface area contributed by atoms with E-state index >= 15 is 0 Å². The van der Waals surface area contributed by atoms with Crippen LogP contribution < -0.4 is 15.0 Å². The number of pyridine rings is 1. The van der Waals surface area contributed by atoms with E-state index in [9.17, 15) is 4.39 Å². The molecular weight excluding hydrogens is 357 g/mol. The van der Waals surface area contributed by atoms with E-state index < -0.39 is 0 Å². The average molecular weight is 379 g/mol. The number of rotatable bonds is 6. The summed E-state index contributed by atoms with van der Waals surface area (Å²) in [5.74, 6) is 2.48. The second kappa shape index (κ2) is 8.65. The van der Waals surface area contributed by atoms with Crippen molar-refractivity contribution >= 4 is 11.6 Å². The predicted octanol–water partition coefficient (Wildman–Crippen LogP) is 4.41. The Labute approximate surface area is 163 Å². The second-order valence-electron chi connectivity index (χ2n) is 6.72. The average Bonchev–Trinajstić information content (AvgIpc) is 2.76. The smallest absolute Gasteiger partial charge is 0.219 e. The topological polar surface area (TPSA) is 63.2 Å². The van der Waals surface area contributed by atoms with Crippen molar-refractivity contribution in [2.24, 2.45) is 0 Å². The van der Waals surface area contributed by atoms with Gasteiger partial charge in [0, 0.05) is 38.0 Å². The van der Waals surface area contributed by atoms with E-state index in [4.69, 9.17) is 4.74 Å². The highest BCUT2D eigenvalue weighted by molar-refractivity contribution is 5.48. The molecule has 0 unspecified atom stereocenters. The highest BCUT2D eigenvalue weighted by Gasteiger charge is 2.12. The summed E-state index contributed by atoms with van der Waals surface area (Å²) in [6.07, 6.45) is 7.07. The van der Waals surface area contributed by atoms with Crippen LogP contribution in [0.15, 0.2) is 55.0 Å². The highest BCUT2D eigenvalue weighted by atomic mass is 19.1. The van der Waals surface area contributed by atoms with Crippen molar-refractivity contribution in [3.63, 3.8) is 0 Å². The maximum absolute atomic E-state index is 12.9. The summed E-state index contributed by atoms with van der Waals surface area (Å²) in [5.41, 5.74) is 1.00. The van der Waals surface area contributed by atoms with E-state index in [1.807, 2.05) is 12.1 Å². The first-order valence-electron chi connectivity index (χ1n) is 9.45. The van der Waals surface area contributed by atoms with Crippen LogP contribution in [0.4, 0.5) is 16.0 Å². The van der Waals surface area contributed by atoms with Crippen LogP contribution in [0.25, 0.3) is 0 Å². The molecule has 7 heteroatoms. The number of halogens is 1. The summed E-state index contributed by atoms with van der Waals surface area (Å²) >= 11 is 0. The Kier molecular flexibility index (Phi) is 5.61. The third-order valence-electron chi connectivity index (χ3n) is 4.64. The molecule has 144 valence electrons. The Hall–Kier alpha value is -3.22. The molecule has 0 atom stereocenters. The Morgan fingerprint density at radius 1 is 0.964 bits per heavy atom. The summed E-state index contributed by atoms with van der Waals surface area (Å²) in [7, 11) is 0. The van der Waals surface area contributed by atoms with E-state index in [1.165, 1.54) is 31.4 Å². The summed E-state index contributed by atoms with van der Waals surface area (Å²) in [4.78, 5) is 15.3. The molecule has 0 radical (unpaired) electrons. The molecule has 0 aliphatic carbocycles. The van der Waals surface area contributed by atoms with Gasteiger partial charge in [0.1, 0.15) is 29.5 Å². The van der Waals surface area contributed by atoms with Crippen molar-refractivity contribution in [3.8, 4) is 11.6 Å². The standard InChI is InChI=1S/C21H22FN5O/c22-17-5-7-18(8-6-17)28-21-9-4-16(14-24-21)13-23-19-12-20(26-15-25-19)27-10-2-1-3-11-27/h4-9,12,14-15H,1-3,10-11,13H2,(H,23,25,26). The monoisotopic (exact) mass is 379 g/mol. The van der Waals surface area contributed by atoms with Gasteiger partial charge in [-0.15, -0.1) is 0 Å². The van der Waals surface area contributed by atoms with Crippen molar-refractivity contribution < 1.29 is 9.13 Å². The highest BCUT2D eigenvalue weighted by Crippen LogP contribution is 2.21. The molecule has 1 N–H and O–H groups in total. The number of hydrogen-bond donors (Lipinski definition) is 1.